The number of nitrogens with one attached hydrogen (secondary N) is 1. The molecular formula is C14H12ClNO3. The molecule has 0 saturated carbocycles. The number of furan rings is 1. The van der Waals surface area contributed by atoms with Crippen molar-refractivity contribution in [3.63, 3.8) is 0 Å². The molecule has 0 unspecified atom stereocenters. The second kappa shape index (κ2) is 4.72. The van der Waals surface area contributed by atoms with Crippen LogP contribution < -0.4 is 5.32 Å². The van der Waals surface area contributed by atoms with E-state index in [1.807, 2.05) is 24.3 Å². The van der Waals surface area contributed by atoms with Crippen molar-refractivity contribution in [3.05, 3.63) is 58.5 Å². The summed E-state index contributed by atoms with van der Waals surface area (Å²) >= 11 is 5.63. The van der Waals surface area contributed by atoms with Crippen molar-refractivity contribution >= 4 is 17.5 Å². The number of carbonyl (C=O) groups is 1. The van der Waals surface area contributed by atoms with E-state index in [4.69, 9.17) is 16.0 Å². The van der Waals surface area contributed by atoms with E-state index in [1.54, 1.807) is 0 Å². The molecule has 5 heteroatoms. The number of benzene rings is 1. The van der Waals surface area contributed by atoms with E-state index in [0.29, 0.717) is 6.42 Å². The number of aliphatic hydroxyl groups is 1. The zero-order valence-corrected chi connectivity index (χ0v) is 10.7. The van der Waals surface area contributed by atoms with E-state index in [0.717, 1.165) is 11.1 Å². The maximum atomic E-state index is 12.0. The van der Waals surface area contributed by atoms with E-state index >= 15 is 0 Å². The Morgan fingerprint density at radius 3 is 2.84 bits per heavy atom. The van der Waals surface area contributed by atoms with Gasteiger partial charge in [-0.1, -0.05) is 24.3 Å². The Morgan fingerprint density at radius 2 is 2.11 bits per heavy atom. The van der Waals surface area contributed by atoms with Crippen molar-refractivity contribution in [1.29, 1.82) is 0 Å². The highest BCUT2D eigenvalue weighted by Crippen LogP contribution is 2.31. The molecule has 2 N–H and O–H groups in total. The molecule has 2 atom stereocenters. The SMILES string of the molecule is O=C(N[C@H]1c2ccccc2C[C@H]1O)c1ccc(Cl)o1. The summed E-state index contributed by atoms with van der Waals surface area (Å²) < 4.78 is 5.05. The van der Waals surface area contributed by atoms with Crippen molar-refractivity contribution in [1.82, 2.24) is 5.32 Å². The Labute approximate surface area is 115 Å². The summed E-state index contributed by atoms with van der Waals surface area (Å²) in [5.74, 6) is -0.241. The lowest BCUT2D eigenvalue weighted by molar-refractivity contribution is 0.0832. The van der Waals surface area contributed by atoms with Gasteiger partial charge in [0.25, 0.3) is 5.91 Å². The van der Waals surface area contributed by atoms with Crippen LogP contribution in [0.3, 0.4) is 0 Å². The highest BCUT2D eigenvalue weighted by atomic mass is 35.5. The summed E-state index contributed by atoms with van der Waals surface area (Å²) in [7, 11) is 0. The normalized spacial score (nSPS) is 21.2. The molecule has 1 heterocycles. The summed E-state index contributed by atoms with van der Waals surface area (Å²) in [4.78, 5) is 12.0. The Bertz CT molecular complexity index is 623. The zero-order chi connectivity index (χ0) is 13.4. The van der Waals surface area contributed by atoms with Gasteiger partial charge in [-0.3, -0.25) is 4.79 Å². The van der Waals surface area contributed by atoms with Gasteiger partial charge in [-0.2, -0.15) is 0 Å². The third-order valence-electron chi connectivity index (χ3n) is 3.29. The number of hydrogen-bond donors (Lipinski definition) is 2. The van der Waals surface area contributed by atoms with Gasteiger partial charge in [0.05, 0.1) is 12.1 Å². The predicted molar refractivity (Wildman–Crippen MR) is 70.1 cm³/mol. The van der Waals surface area contributed by atoms with Crippen molar-refractivity contribution in [2.24, 2.45) is 0 Å². The zero-order valence-electron chi connectivity index (χ0n) is 9.97. The lowest BCUT2D eigenvalue weighted by atomic mass is 10.1. The second-order valence-electron chi connectivity index (χ2n) is 4.53. The van der Waals surface area contributed by atoms with Crippen LogP contribution in [0.2, 0.25) is 5.22 Å². The van der Waals surface area contributed by atoms with Gasteiger partial charge >= 0.3 is 0 Å². The maximum Gasteiger partial charge on any atom is 0.287 e. The van der Waals surface area contributed by atoms with Crippen LogP contribution in [0.25, 0.3) is 0 Å². The monoisotopic (exact) mass is 277 g/mol. The van der Waals surface area contributed by atoms with Crippen LogP contribution in [-0.2, 0) is 6.42 Å². The molecule has 0 radical (unpaired) electrons. The molecule has 4 nitrogen and oxygen atoms in total. The minimum Gasteiger partial charge on any atom is -0.440 e. The van der Waals surface area contributed by atoms with Crippen LogP contribution in [0.1, 0.15) is 27.7 Å². The molecule has 0 fully saturated rings. The van der Waals surface area contributed by atoms with Crippen LogP contribution in [0, 0.1) is 0 Å². The molecule has 3 rings (SSSR count). The van der Waals surface area contributed by atoms with Gasteiger partial charge in [-0.15, -0.1) is 0 Å². The Balaban J connectivity index is 1.82. The average Bonchev–Trinajstić information content (AvgIpc) is 2.95. The van der Waals surface area contributed by atoms with Gasteiger partial charge in [0.2, 0.25) is 0 Å². The molecule has 1 amide bonds. The predicted octanol–water partition coefficient (Wildman–Crippen LogP) is 2.32. The number of hydrogen-bond acceptors (Lipinski definition) is 3. The number of rotatable bonds is 2. The molecule has 98 valence electrons. The van der Waals surface area contributed by atoms with Crippen LogP contribution in [0.5, 0.6) is 0 Å². The summed E-state index contributed by atoms with van der Waals surface area (Å²) in [5, 5.41) is 13.0. The number of amides is 1. The fraction of sp³-hybridized carbons (Fsp3) is 0.214. The second-order valence-corrected chi connectivity index (χ2v) is 4.90. The molecule has 0 bridgehead atoms. The van der Waals surface area contributed by atoms with E-state index in [1.165, 1.54) is 12.1 Å². The molecule has 0 spiro atoms. The minimum absolute atomic E-state index is 0.140. The van der Waals surface area contributed by atoms with Gasteiger partial charge < -0.3 is 14.8 Å². The van der Waals surface area contributed by atoms with E-state index in [2.05, 4.69) is 5.32 Å². The van der Waals surface area contributed by atoms with Crippen LogP contribution >= 0.6 is 11.6 Å². The molecule has 0 saturated heterocycles. The summed E-state index contributed by atoms with van der Waals surface area (Å²) in [6.45, 7) is 0. The average molecular weight is 278 g/mol. The van der Waals surface area contributed by atoms with E-state index in [9.17, 15) is 9.90 Å². The van der Waals surface area contributed by atoms with Crippen LogP contribution in [-0.4, -0.2) is 17.1 Å². The smallest absolute Gasteiger partial charge is 0.287 e. The number of fused-ring (bicyclic) bond motifs is 1. The first-order chi connectivity index (χ1) is 9.15. The van der Waals surface area contributed by atoms with E-state index in [-0.39, 0.29) is 16.9 Å². The standard InChI is InChI=1S/C14H12ClNO3/c15-12-6-5-11(19-12)14(18)16-13-9-4-2-1-3-8(9)7-10(13)17/h1-6,10,13,17H,7H2,(H,16,18)/t10-,13+/m1/s1. The number of aliphatic hydroxyl groups excluding tert-OH is 1. The minimum atomic E-state index is -0.619. The fourth-order valence-electron chi connectivity index (χ4n) is 2.40. The summed E-state index contributed by atoms with van der Waals surface area (Å²) in [5.41, 5.74) is 2.00. The maximum absolute atomic E-state index is 12.0. The lowest BCUT2D eigenvalue weighted by Crippen LogP contribution is -2.33. The van der Waals surface area contributed by atoms with Crippen LogP contribution in [0.15, 0.2) is 40.8 Å². The van der Waals surface area contributed by atoms with Gasteiger partial charge in [0, 0.05) is 6.42 Å². The Kier molecular flexibility index (Phi) is 3.05. The first-order valence-corrected chi connectivity index (χ1v) is 6.35. The summed E-state index contributed by atoms with van der Waals surface area (Å²) in [6, 6.07) is 10.3. The van der Waals surface area contributed by atoms with Crippen molar-refractivity contribution in [2.45, 2.75) is 18.6 Å². The molecular weight excluding hydrogens is 266 g/mol. The van der Waals surface area contributed by atoms with Crippen molar-refractivity contribution in [3.8, 4) is 0 Å². The lowest BCUT2D eigenvalue weighted by Gasteiger charge is -2.17. The summed E-state index contributed by atoms with van der Waals surface area (Å²) in [6.07, 6.45) is -0.0770. The Hall–Kier alpha value is -1.78. The molecule has 19 heavy (non-hydrogen) atoms. The first kappa shape index (κ1) is 12.3. The van der Waals surface area contributed by atoms with Crippen molar-refractivity contribution < 1.29 is 14.3 Å². The first-order valence-electron chi connectivity index (χ1n) is 5.97. The topological polar surface area (TPSA) is 62.5 Å². The third kappa shape index (κ3) is 2.25. The third-order valence-corrected chi connectivity index (χ3v) is 3.49. The molecule has 1 aliphatic carbocycles. The molecule has 2 aromatic rings. The number of halogens is 1. The van der Waals surface area contributed by atoms with Crippen molar-refractivity contribution in [2.75, 3.05) is 0 Å². The molecule has 1 aromatic carbocycles. The van der Waals surface area contributed by atoms with Gasteiger partial charge in [0.1, 0.15) is 0 Å². The van der Waals surface area contributed by atoms with Gasteiger partial charge in [0.15, 0.2) is 11.0 Å². The molecule has 1 aliphatic rings. The quantitative estimate of drug-likeness (QED) is 0.885. The molecule has 1 aromatic heterocycles. The largest absolute Gasteiger partial charge is 0.440 e. The van der Waals surface area contributed by atoms with E-state index < -0.39 is 12.1 Å². The van der Waals surface area contributed by atoms with Crippen LogP contribution in [0.4, 0.5) is 0 Å². The van der Waals surface area contributed by atoms with Gasteiger partial charge in [-0.05, 0) is 34.9 Å². The highest BCUT2D eigenvalue weighted by molar-refractivity contribution is 6.29. The highest BCUT2D eigenvalue weighted by Gasteiger charge is 2.32. The fourth-order valence-corrected chi connectivity index (χ4v) is 2.54. The Morgan fingerprint density at radius 1 is 1.32 bits per heavy atom. The van der Waals surface area contributed by atoms with Gasteiger partial charge in [-0.25, -0.2) is 0 Å². The number of carbonyl (C=O) groups excluding carboxylic acids is 1. The molecule has 0 aliphatic heterocycles.